The van der Waals surface area contributed by atoms with Gasteiger partial charge in [-0.3, -0.25) is 4.79 Å². The van der Waals surface area contributed by atoms with Crippen molar-refractivity contribution in [3.63, 3.8) is 0 Å². The molecule has 0 radical (unpaired) electrons. The Morgan fingerprint density at radius 3 is 2.46 bits per heavy atom. The zero-order chi connectivity index (χ0) is 26.5. The van der Waals surface area contributed by atoms with Gasteiger partial charge in [-0.2, -0.15) is 4.98 Å². The molecule has 3 N–H and O–H groups in total. The van der Waals surface area contributed by atoms with Gasteiger partial charge in [-0.05, 0) is 17.7 Å². The number of ether oxygens (including phenoxy) is 1. The van der Waals surface area contributed by atoms with E-state index in [1.807, 2.05) is 30.3 Å². The molecule has 37 heavy (non-hydrogen) atoms. The Balaban J connectivity index is 1.57. The highest BCUT2D eigenvalue weighted by Crippen LogP contribution is 2.26. The average Bonchev–Trinajstić information content (AvgIpc) is 3.29. The van der Waals surface area contributed by atoms with Crippen molar-refractivity contribution in [2.45, 2.75) is 82.3 Å². The molecule has 0 saturated heterocycles. The summed E-state index contributed by atoms with van der Waals surface area (Å²) in [5, 5.41) is 3.50. The Kier molecular flexibility index (Phi) is 11.7. The number of rotatable bonds is 16. The number of imidazole rings is 1. The Morgan fingerprint density at radius 1 is 1.05 bits per heavy atom. The molecule has 0 spiro atoms. The van der Waals surface area contributed by atoms with Gasteiger partial charge in [0.15, 0.2) is 5.65 Å². The SMILES string of the molecule is CCCCCCCCCCSc1nc(N)nc2c1ncn2CC(=O)N[C@@H](Cc1ccccc1)C(=O)OC. The van der Waals surface area contributed by atoms with Crippen LogP contribution in [0.4, 0.5) is 5.95 Å². The van der Waals surface area contributed by atoms with Crippen LogP contribution >= 0.6 is 11.8 Å². The Hall–Kier alpha value is -3.14. The van der Waals surface area contributed by atoms with Crippen LogP contribution in [0.2, 0.25) is 0 Å². The number of unbranched alkanes of at least 4 members (excludes halogenated alkanes) is 7. The van der Waals surface area contributed by atoms with Crippen LogP contribution in [0.15, 0.2) is 41.7 Å². The number of nitrogens with two attached hydrogens (primary N) is 1. The lowest BCUT2D eigenvalue weighted by molar-refractivity contribution is -0.145. The predicted molar refractivity (Wildman–Crippen MR) is 147 cm³/mol. The summed E-state index contributed by atoms with van der Waals surface area (Å²) in [6, 6.07) is 8.67. The number of nitrogens with zero attached hydrogens (tertiary/aromatic N) is 4. The van der Waals surface area contributed by atoms with Crippen LogP contribution in [0.25, 0.3) is 11.2 Å². The highest BCUT2D eigenvalue weighted by molar-refractivity contribution is 7.99. The minimum absolute atomic E-state index is 0.0582. The van der Waals surface area contributed by atoms with E-state index in [-0.39, 0.29) is 18.4 Å². The van der Waals surface area contributed by atoms with Gasteiger partial charge < -0.3 is 20.4 Å². The van der Waals surface area contributed by atoms with E-state index < -0.39 is 12.0 Å². The van der Waals surface area contributed by atoms with Crippen molar-refractivity contribution in [1.82, 2.24) is 24.8 Å². The second kappa shape index (κ2) is 15.2. The molecule has 0 aliphatic carbocycles. The molecule has 1 atom stereocenters. The average molecular weight is 527 g/mol. The lowest BCUT2D eigenvalue weighted by atomic mass is 10.1. The van der Waals surface area contributed by atoms with E-state index in [4.69, 9.17) is 10.5 Å². The summed E-state index contributed by atoms with van der Waals surface area (Å²) < 4.78 is 6.52. The number of esters is 1. The van der Waals surface area contributed by atoms with Crippen molar-refractivity contribution in [1.29, 1.82) is 0 Å². The van der Waals surface area contributed by atoms with Crippen molar-refractivity contribution in [3.05, 3.63) is 42.2 Å². The van der Waals surface area contributed by atoms with E-state index in [0.717, 1.165) is 22.8 Å². The fraction of sp³-hybridized carbons (Fsp3) is 0.519. The molecular weight excluding hydrogens is 488 g/mol. The van der Waals surface area contributed by atoms with Crippen LogP contribution in [0.3, 0.4) is 0 Å². The van der Waals surface area contributed by atoms with Gasteiger partial charge in [-0.15, -0.1) is 11.8 Å². The highest BCUT2D eigenvalue weighted by atomic mass is 32.2. The standard InChI is InChI=1S/C27H38N6O3S/c1-3-4-5-6-7-8-9-13-16-37-25-23-24(31-27(28)32-25)33(19-29-23)18-22(34)30-21(26(35)36-2)17-20-14-11-10-12-15-20/h10-12,14-15,19,21H,3-9,13,16-18H2,1-2H3,(H,30,34)(H2,28,31,32)/t21-/m0/s1. The molecule has 10 heteroatoms. The molecule has 2 heterocycles. The van der Waals surface area contributed by atoms with E-state index in [1.165, 1.54) is 52.1 Å². The molecule has 9 nitrogen and oxygen atoms in total. The molecule has 3 rings (SSSR count). The largest absolute Gasteiger partial charge is 0.467 e. The number of carbonyl (C=O) groups excluding carboxylic acids is 2. The molecule has 200 valence electrons. The van der Waals surface area contributed by atoms with Crippen LogP contribution in [0.5, 0.6) is 0 Å². The number of hydrogen-bond acceptors (Lipinski definition) is 8. The summed E-state index contributed by atoms with van der Waals surface area (Å²) in [5.74, 6) is 0.216. The number of nitrogen functional groups attached to an aromatic ring is 1. The molecule has 0 fully saturated rings. The number of benzene rings is 1. The van der Waals surface area contributed by atoms with E-state index in [0.29, 0.717) is 17.6 Å². The molecule has 0 aliphatic rings. The van der Waals surface area contributed by atoms with E-state index in [1.54, 1.807) is 22.7 Å². The summed E-state index contributed by atoms with van der Waals surface area (Å²) >= 11 is 1.62. The Labute approximate surface area is 223 Å². The molecule has 0 aliphatic heterocycles. The van der Waals surface area contributed by atoms with Gasteiger partial charge in [0.25, 0.3) is 0 Å². The number of aromatic nitrogens is 4. The van der Waals surface area contributed by atoms with Crippen molar-refractivity contribution in [2.75, 3.05) is 18.6 Å². The normalized spacial score (nSPS) is 11.9. The number of carbonyl (C=O) groups is 2. The summed E-state index contributed by atoms with van der Waals surface area (Å²) in [6.45, 7) is 2.18. The van der Waals surface area contributed by atoms with E-state index >= 15 is 0 Å². The van der Waals surface area contributed by atoms with Crippen molar-refractivity contribution < 1.29 is 14.3 Å². The minimum Gasteiger partial charge on any atom is -0.467 e. The molecule has 0 saturated carbocycles. The summed E-state index contributed by atoms with van der Waals surface area (Å²) in [5.41, 5.74) is 8.02. The van der Waals surface area contributed by atoms with Gasteiger partial charge in [0, 0.05) is 6.42 Å². The van der Waals surface area contributed by atoms with Crippen LogP contribution < -0.4 is 11.1 Å². The molecule has 2 aromatic heterocycles. The highest BCUT2D eigenvalue weighted by Gasteiger charge is 2.23. The monoisotopic (exact) mass is 526 g/mol. The van der Waals surface area contributed by atoms with Gasteiger partial charge in [0.2, 0.25) is 11.9 Å². The number of methoxy groups -OCH3 is 1. The minimum atomic E-state index is -0.799. The summed E-state index contributed by atoms with van der Waals surface area (Å²) in [7, 11) is 1.31. The number of hydrogen-bond donors (Lipinski definition) is 2. The van der Waals surface area contributed by atoms with Gasteiger partial charge >= 0.3 is 5.97 Å². The lowest BCUT2D eigenvalue weighted by Crippen LogP contribution is -2.44. The van der Waals surface area contributed by atoms with Gasteiger partial charge in [-0.25, -0.2) is 14.8 Å². The number of nitrogens with one attached hydrogen (secondary N) is 1. The Bertz CT molecular complexity index is 1140. The van der Waals surface area contributed by atoms with E-state index in [2.05, 4.69) is 27.2 Å². The van der Waals surface area contributed by atoms with Crippen molar-refractivity contribution in [3.8, 4) is 0 Å². The number of thioether (sulfide) groups is 1. The molecule has 0 bridgehead atoms. The van der Waals surface area contributed by atoms with Crippen LogP contribution in [-0.2, 0) is 27.3 Å². The maximum absolute atomic E-state index is 12.9. The first kappa shape index (κ1) is 28.4. The zero-order valence-electron chi connectivity index (χ0n) is 21.8. The van der Waals surface area contributed by atoms with Crippen molar-refractivity contribution in [2.24, 2.45) is 0 Å². The molecule has 3 aromatic rings. The van der Waals surface area contributed by atoms with Crippen LogP contribution in [-0.4, -0.2) is 50.3 Å². The molecule has 1 aromatic carbocycles. The van der Waals surface area contributed by atoms with Crippen LogP contribution in [0, 0.1) is 0 Å². The second-order valence-corrected chi connectivity index (χ2v) is 10.2. The maximum atomic E-state index is 12.9. The summed E-state index contributed by atoms with van der Waals surface area (Å²) in [6.07, 6.45) is 12.0. The van der Waals surface area contributed by atoms with E-state index in [9.17, 15) is 9.59 Å². The fourth-order valence-electron chi connectivity index (χ4n) is 4.14. The first-order valence-electron chi connectivity index (χ1n) is 13.0. The van der Waals surface area contributed by atoms with Crippen LogP contribution in [0.1, 0.15) is 63.9 Å². The molecular formula is C27H38N6O3S. The third-order valence-electron chi connectivity index (χ3n) is 6.10. The number of amides is 1. The Morgan fingerprint density at radius 2 is 1.76 bits per heavy atom. The van der Waals surface area contributed by atoms with Crippen molar-refractivity contribution >= 4 is 40.8 Å². The van der Waals surface area contributed by atoms with Gasteiger partial charge in [-0.1, -0.05) is 82.2 Å². The lowest BCUT2D eigenvalue weighted by Gasteiger charge is -2.17. The first-order valence-corrected chi connectivity index (χ1v) is 14.0. The third-order valence-corrected chi connectivity index (χ3v) is 7.15. The molecule has 0 unspecified atom stereocenters. The smallest absolute Gasteiger partial charge is 0.328 e. The fourth-order valence-corrected chi connectivity index (χ4v) is 5.12. The first-order chi connectivity index (χ1) is 18.0. The third kappa shape index (κ3) is 9.03. The quantitative estimate of drug-likeness (QED) is 0.121. The predicted octanol–water partition coefficient (Wildman–Crippen LogP) is 4.54. The number of anilines is 1. The maximum Gasteiger partial charge on any atom is 0.328 e. The summed E-state index contributed by atoms with van der Waals surface area (Å²) in [4.78, 5) is 38.3. The topological polar surface area (TPSA) is 125 Å². The van der Waals surface area contributed by atoms with Gasteiger partial charge in [0.1, 0.15) is 23.1 Å². The number of fused-ring (bicyclic) bond motifs is 1. The van der Waals surface area contributed by atoms with Gasteiger partial charge in [0.05, 0.1) is 13.4 Å². The second-order valence-electron chi connectivity index (χ2n) is 9.09. The zero-order valence-corrected chi connectivity index (χ0v) is 22.6. The molecule has 1 amide bonds.